The minimum atomic E-state index is -1.14. The Bertz CT molecular complexity index is 1160. The average Bonchev–Trinajstić information content (AvgIpc) is 2.95. The molecule has 0 fully saturated rings. The van der Waals surface area contributed by atoms with Crippen LogP contribution in [0, 0.1) is 6.92 Å². The van der Waals surface area contributed by atoms with Gasteiger partial charge < -0.3 is 20.6 Å². The number of fused-ring (bicyclic) bond motifs is 2. The number of halogens is 1. The maximum atomic E-state index is 13.4. The van der Waals surface area contributed by atoms with Crippen molar-refractivity contribution in [1.82, 2.24) is 15.1 Å². The Balaban J connectivity index is 1.71. The Kier molecular flexibility index (Phi) is 5.09. The number of hydrogen-bond acceptors (Lipinski definition) is 4. The van der Waals surface area contributed by atoms with E-state index in [4.69, 9.17) is 16.7 Å². The first kappa shape index (κ1) is 19.8. The zero-order valence-electron chi connectivity index (χ0n) is 16.4. The maximum Gasteiger partial charge on any atom is 0.404 e. The van der Waals surface area contributed by atoms with Gasteiger partial charge in [0.25, 0.3) is 5.91 Å². The first-order chi connectivity index (χ1) is 14.3. The molecular formula is C21H20ClN5O3. The normalized spacial score (nSPS) is 12.4. The summed E-state index contributed by atoms with van der Waals surface area (Å²) >= 11 is 6.30. The lowest BCUT2D eigenvalue weighted by atomic mass is 10.1. The molecule has 0 aliphatic carbocycles. The highest BCUT2D eigenvalue weighted by Crippen LogP contribution is 2.37. The van der Waals surface area contributed by atoms with Crippen molar-refractivity contribution in [2.75, 3.05) is 10.2 Å². The van der Waals surface area contributed by atoms with E-state index >= 15 is 0 Å². The molecule has 2 heterocycles. The fourth-order valence-corrected chi connectivity index (χ4v) is 3.71. The van der Waals surface area contributed by atoms with E-state index in [-0.39, 0.29) is 12.5 Å². The summed E-state index contributed by atoms with van der Waals surface area (Å²) in [7, 11) is 1.85. The quantitative estimate of drug-likeness (QED) is 0.587. The summed E-state index contributed by atoms with van der Waals surface area (Å²) < 4.78 is 1.75. The van der Waals surface area contributed by atoms with Gasteiger partial charge in [0.05, 0.1) is 24.1 Å². The Hall–Kier alpha value is -3.52. The summed E-state index contributed by atoms with van der Waals surface area (Å²) in [5.74, 6) is 0.628. The van der Waals surface area contributed by atoms with E-state index in [1.54, 1.807) is 34.0 Å². The van der Waals surface area contributed by atoms with Crippen LogP contribution in [0.3, 0.4) is 0 Å². The molecule has 0 saturated carbocycles. The number of nitrogens with zero attached hydrogens (tertiary/aromatic N) is 3. The van der Waals surface area contributed by atoms with Gasteiger partial charge in [-0.3, -0.25) is 9.48 Å². The smallest absolute Gasteiger partial charge is 0.404 e. The summed E-state index contributed by atoms with van der Waals surface area (Å²) in [6.45, 7) is 2.41. The first-order valence-electron chi connectivity index (χ1n) is 9.29. The van der Waals surface area contributed by atoms with Crippen molar-refractivity contribution >= 4 is 40.8 Å². The molecule has 154 valence electrons. The molecular weight excluding hydrogens is 406 g/mol. The Morgan fingerprint density at radius 1 is 1.27 bits per heavy atom. The lowest BCUT2D eigenvalue weighted by Crippen LogP contribution is -2.30. The summed E-state index contributed by atoms with van der Waals surface area (Å²) in [5, 5.41) is 19.1. The molecule has 3 aromatic rings. The number of nitrogens with one attached hydrogen (secondary N) is 2. The molecule has 9 heteroatoms. The standard InChI is InChI=1S/C21H20ClN5O3/c1-12-3-6-18-17(7-12)25-19-15(10-24-26(19)2)11-27(18)20(28)13-4-5-14(16(22)8-13)9-23-21(29)30/h3-8,10,23,25H,9,11H2,1-2H3,(H,29,30). The van der Waals surface area contributed by atoms with Gasteiger partial charge >= 0.3 is 6.09 Å². The van der Waals surface area contributed by atoms with E-state index in [0.29, 0.717) is 22.7 Å². The second-order valence-electron chi connectivity index (χ2n) is 7.14. The average molecular weight is 426 g/mol. The number of aromatic nitrogens is 2. The van der Waals surface area contributed by atoms with Crippen molar-refractivity contribution in [3.05, 3.63) is 69.9 Å². The van der Waals surface area contributed by atoms with Gasteiger partial charge in [-0.1, -0.05) is 23.7 Å². The summed E-state index contributed by atoms with van der Waals surface area (Å²) in [4.78, 5) is 25.9. The molecule has 2 aromatic carbocycles. The van der Waals surface area contributed by atoms with Crippen molar-refractivity contribution in [3.8, 4) is 0 Å². The number of aryl methyl sites for hydroxylation is 2. The molecule has 0 bridgehead atoms. The van der Waals surface area contributed by atoms with Crippen LogP contribution in [0.4, 0.5) is 22.0 Å². The van der Waals surface area contributed by atoms with Gasteiger partial charge in [-0.15, -0.1) is 0 Å². The number of benzene rings is 2. The second kappa shape index (κ2) is 7.72. The summed E-state index contributed by atoms with van der Waals surface area (Å²) in [6.07, 6.45) is 0.608. The van der Waals surface area contributed by atoms with Gasteiger partial charge in [-0.25, -0.2) is 4.79 Å². The minimum Gasteiger partial charge on any atom is -0.465 e. The van der Waals surface area contributed by atoms with Gasteiger partial charge in [0.1, 0.15) is 5.82 Å². The van der Waals surface area contributed by atoms with Crippen LogP contribution in [0.25, 0.3) is 0 Å². The van der Waals surface area contributed by atoms with Crippen molar-refractivity contribution in [2.24, 2.45) is 7.05 Å². The largest absolute Gasteiger partial charge is 0.465 e. The van der Waals surface area contributed by atoms with E-state index in [1.165, 1.54) is 0 Å². The monoisotopic (exact) mass is 425 g/mol. The van der Waals surface area contributed by atoms with Crippen molar-refractivity contribution in [2.45, 2.75) is 20.0 Å². The SMILES string of the molecule is Cc1ccc2c(c1)Nc1c(cnn1C)CN2C(=O)c1ccc(CNC(=O)O)c(Cl)c1. The fourth-order valence-electron chi connectivity index (χ4n) is 3.46. The summed E-state index contributed by atoms with van der Waals surface area (Å²) in [5.41, 5.74) is 4.55. The Labute approximate surface area is 178 Å². The lowest BCUT2D eigenvalue weighted by Gasteiger charge is -2.23. The molecule has 0 saturated heterocycles. The molecule has 0 spiro atoms. The zero-order chi connectivity index (χ0) is 21.4. The van der Waals surface area contributed by atoms with Gasteiger partial charge in [-0.05, 0) is 42.3 Å². The summed E-state index contributed by atoms with van der Waals surface area (Å²) in [6, 6.07) is 10.8. The van der Waals surface area contributed by atoms with E-state index in [0.717, 1.165) is 28.3 Å². The maximum absolute atomic E-state index is 13.4. The fraction of sp³-hybridized carbons (Fsp3) is 0.190. The number of carboxylic acid groups (broad SMARTS) is 1. The van der Waals surface area contributed by atoms with Crippen LogP contribution in [0.1, 0.15) is 27.0 Å². The van der Waals surface area contributed by atoms with E-state index in [1.807, 2.05) is 32.2 Å². The second-order valence-corrected chi connectivity index (χ2v) is 7.55. The number of hydrogen-bond donors (Lipinski definition) is 3. The van der Waals surface area contributed by atoms with Crippen LogP contribution in [0.5, 0.6) is 0 Å². The molecule has 2 amide bonds. The Morgan fingerprint density at radius 3 is 2.80 bits per heavy atom. The first-order valence-corrected chi connectivity index (χ1v) is 9.67. The van der Waals surface area contributed by atoms with E-state index < -0.39 is 6.09 Å². The highest BCUT2D eigenvalue weighted by molar-refractivity contribution is 6.32. The minimum absolute atomic E-state index is 0.0669. The molecule has 1 aromatic heterocycles. The van der Waals surface area contributed by atoms with Crippen LogP contribution in [-0.4, -0.2) is 26.9 Å². The van der Waals surface area contributed by atoms with Crippen LogP contribution in [0.15, 0.2) is 42.6 Å². The van der Waals surface area contributed by atoms with E-state index in [9.17, 15) is 9.59 Å². The van der Waals surface area contributed by atoms with Crippen LogP contribution < -0.4 is 15.5 Å². The van der Waals surface area contributed by atoms with Crippen molar-refractivity contribution in [1.29, 1.82) is 0 Å². The molecule has 8 nitrogen and oxygen atoms in total. The third-order valence-electron chi connectivity index (χ3n) is 5.01. The third-order valence-corrected chi connectivity index (χ3v) is 5.37. The number of rotatable bonds is 3. The number of amides is 2. The molecule has 0 radical (unpaired) electrons. The van der Waals surface area contributed by atoms with Gasteiger partial charge in [0, 0.05) is 29.7 Å². The predicted octanol–water partition coefficient (Wildman–Crippen LogP) is 4.05. The Morgan fingerprint density at radius 2 is 2.07 bits per heavy atom. The molecule has 4 rings (SSSR count). The van der Waals surface area contributed by atoms with Crippen molar-refractivity contribution in [3.63, 3.8) is 0 Å². The van der Waals surface area contributed by atoms with Gasteiger partial charge in [0.2, 0.25) is 0 Å². The highest BCUT2D eigenvalue weighted by Gasteiger charge is 2.27. The molecule has 30 heavy (non-hydrogen) atoms. The number of carbonyl (C=O) groups excluding carboxylic acids is 1. The van der Waals surface area contributed by atoms with Gasteiger partial charge in [-0.2, -0.15) is 5.10 Å². The lowest BCUT2D eigenvalue weighted by molar-refractivity contribution is 0.0985. The number of anilines is 3. The molecule has 3 N–H and O–H groups in total. The van der Waals surface area contributed by atoms with Gasteiger partial charge in [0.15, 0.2) is 0 Å². The third kappa shape index (κ3) is 3.69. The van der Waals surface area contributed by atoms with Crippen LogP contribution >= 0.6 is 11.6 Å². The van der Waals surface area contributed by atoms with Crippen molar-refractivity contribution < 1.29 is 14.7 Å². The number of carbonyl (C=O) groups is 2. The van der Waals surface area contributed by atoms with Crippen LogP contribution in [-0.2, 0) is 20.1 Å². The van der Waals surface area contributed by atoms with Crippen LogP contribution in [0.2, 0.25) is 5.02 Å². The zero-order valence-corrected chi connectivity index (χ0v) is 17.2. The predicted molar refractivity (Wildman–Crippen MR) is 114 cm³/mol. The molecule has 0 atom stereocenters. The molecule has 1 aliphatic rings. The molecule has 1 aliphatic heterocycles. The highest BCUT2D eigenvalue weighted by atomic mass is 35.5. The van der Waals surface area contributed by atoms with E-state index in [2.05, 4.69) is 15.7 Å². The molecule has 0 unspecified atom stereocenters. The topological polar surface area (TPSA) is 99.5 Å².